The van der Waals surface area contributed by atoms with Crippen molar-refractivity contribution in [2.24, 2.45) is 16.3 Å². The maximum absolute atomic E-state index is 14.5. The van der Waals surface area contributed by atoms with E-state index in [0.29, 0.717) is 43.2 Å². The van der Waals surface area contributed by atoms with E-state index in [2.05, 4.69) is 26.1 Å². The first-order valence-corrected chi connectivity index (χ1v) is 15.5. The van der Waals surface area contributed by atoms with Gasteiger partial charge in [0.05, 0.1) is 18.0 Å². The van der Waals surface area contributed by atoms with Gasteiger partial charge in [0.2, 0.25) is 0 Å². The van der Waals surface area contributed by atoms with Crippen LogP contribution in [0.5, 0.6) is 0 Å². The summed E-state index contributed by atoms with van der Waals surface area (Å²) >= 11 is 0. The molecule has 0 saturated heterocycles. The van der Waals surface area contributed by atoms with Gasteiger partial charge in [0, 0.05) is 17.7 Å². The van der Waals surface area contributed by atoms with Crippen LogP contribution in [-0.4, -0.2) is 45.7 Å². The highest BCUT2D eigenvalue weighted by Crippen LogP contribution is 2.50. The molecule has 45 heavy (non-hydrogen) atoms. The number of carbonyl (C=O) groups excluding carboxylic acids is 2. The summed E-state index contributed by atoms with van der Waals surface area (Å²) in [6.07, 6.45) is -0.256. The number of nitrogens with zero attached hydrogens (tertiary/aromatic N) is 2. The molecule has 2 aromatic carbocycles. The smallest absolute Gasteiger partial charge is 0.416 e. The van der Waals surface area contributed by atoms with Crippen molar-refractivity contribution in [3.63, 3.8) is 0 Å². The number of hydrogen-bond acceptors (Lipinski definition) is 4. The molecular weight excluding hydrogens is 590 g/mol. The van der Waals surface area contributed by atoms with E-state index in [-0.39, 0.29) is 29.7 Å². The molecule has 0 aromatic heterocycles. The zero-order valence-electron chi connectivity index (χ0n) is 26.1. The first-order chi connectivity index (χ1) is 21.1. The Kier molecular flexibility index (Phi) is 10.1. The summed E-state index contributed by atoms with van der Waals surface area (Å²) in [5, 5.41) is 11.4. The SMILES string of the molecule is CCCC(c1ccc(C(=O)NCCC(=O)O)cc1)N1C(=O)C(c2cc(F)cc(C(F)(F)F)c2)=NC12CCC(C(C)(C)CC)CC2. The number of halogens is 4. The minimum Gasteiger partial charge on any atom is -0.481 e. The van der Waals surface area contributed by atoms with Crippen molar-refractivity contribution < 1.29 is 37.1 Å². The van der Waals surface area contributed by atoms with Crippen molar-refractivity contribution in [3.8, 4) is 0 Å². The number of carboxylic acid groups (broad SMARTS) is 1. The number of rotatable bonds is 11. The summed E-state index contributed by atoms with van der Waals surface area (Å²) in [7, 11) is 0. The Hall–Kier alpha value is -3.76. The lowest BCUT2D eigenvalue weighted by atomic mass is 9.67. The van der Waals surface area contributed by atoms with Gasteiger partial charge < -0.3 is 15.3 Å². The third kappa shape index (κ3) is 7.39. The van der Waals surface area contributed by atoms with Gasteiger partial charge in [-0.05, 0) is 79.3 Å². The quantitative estimate of drug-likeness (QED) is 0.250. The zero-order chi connectivity index (χ0) is 33.2. The van der Waals surface area contributed by atoms with E-state index in [4.69, 9.17) is 10.1 Å². The van der Waals surface area contributed by atoms with E-state index in [9.17, 15) is 31.9 Å². The van der Waals surface area contributed by atoms with Crippen LogP contribution in [0.2, 0.25) is 0 Å². The van der Waals surface area contributed by atoms with Gasteiger partial charge in [-0.25, -0.2) is 4.39 Å². The number of amides is 2. The van der Waals surface area contributed by atoms with Gasteiger partial charge in [0.25, 0.3) is 11.8 Å². The van der Waals surface area contributed by atoms with Crippen molar-refractivity contribution >= 4 is 23.5 Å². The van der Waals surface area contributed by atoms with Gasteiger partial charge in [0.15, 0.2) is 0 Å². The Morgan fingerprint density at radius 3 is 2.29 bits per heavy atom. The summed E-state index contributed by atoms with van der Waals surface area (Å²) in [5.41, 5.74) is -1.46. The Labute approximate surface area is 261 Å². The Bertz CT molecular complexity index is 1440. The van der Waals surface area contributed by atoms with Crippen molar-refractivity contribution in [2.75, 3.05) is 6.54 Å². The minimum absolute atomic E-state index is 0.0226. The number of carbonyl (C=O) groups is 3. The number of alkyl halides is 3. The van der Waals surface area contributed by atoms with Gasteiger partial charge >= 0.3 is 12.1 Å². The maximum atomic E-state index is 14.5. The van der Waals surface area contributed by atoms with Crippen LogP contribution in [-0.2, 0) is 15.8 Å². The van der Waals surface area contributed by atoms with Crippen molar-refractivity contribution in [3.05, 3.63) is 70.5 Å². The van der Waals surface area contributed by atoms with Crippen LogP contribution in [0.15, 0.2) is 47.5 Å². The molecule has 1 unspecified atom stereocenters. The molecular formula is C34H41F4N3O4. The normalized spacial score (nSPS) is 21.2. The highest BCUT2D eigenvalue weighted by atomic mass is 19.4. The second kappa shape index (κ2) is 13.3. The van der Waals surface area contributed by atoms with Crippen LogP contribution < -0.4 is 5.32 Å². The van der Waals surface area contributed by atoms with Crippen LogP contribution in [0.25, 0.3) is 0 Å². The second-order valence-electron chi connectivity index (χ2n) is 12.8. The third-order valence-corrected chi connectivity index (χ3v) is 9.55. The molecule has 1 aliphatic carbocycles. The molecule has 4 rings (SSSR count). The van der Waals surface area contributed by atoms with Crippen LogP contribution >= 0.6 is 0 Å². The molecule has 1 aliphatic heterocycles. The fraction of sp³-hybridized carbons (Fsp3) is 0.529. The summed E-state index contributed by atoms with van der Waals surface area (Å²) in [5.74, 6) is -2.73. The number of aliphatic imine (C=N–C) groups is 1. The van der Waals surface area contributed by atoms with Crippen LogP contribution in [0.1, 0.15) is 112 Å². The first-order valence-electron chi connectivity index (χ1n) is 15.5. The fourth-order valence-corrected chi connectivity index (χ4v) is 6.59. The molecule has 244 valence electrons. The van der Waals surface area contributed by atoms with E-state index in [1.165, 1.54) is 0 Å². The van der Waals surface area contributed by atoms with Crippen molar-refractivity contribution in [2.45, 2.75) is 96.9 Å². The lowest BCUT2D eigenvalue weighted by Gasteiger charge is -2.48. The fourth-order valence-electron chi connectivity index (χ4n) is 6.59. The predicted octanol–water partition coefficient (Wildman–Crippen LogP) is 7.54. The average Bonchev–Trinajstić information content (AvgIpc) is 3.26. The van der Waals surface area contributed by atoms with Crippen LogP contribution in [0, 0.1) is 17.2 Å². The van der Waals surface area contributed by atoms with Gasteiger partial charge in [-0.3, -0.25) is 19.4 Å². The number of nitrogens with one attached hydrogen (secondary N) is 1. The summed E-state index contributed by atoms with van der Waals surface area (Å²) in [6.45, 7) is 8.52. The Morgan fingerprint density at radius 1 is 1.09 bits per heavy atom. The molecule has 2 aliphatic rings. The average molecular weight is 632 g/mol. The third-order valence-electron chi connectivity index (χ3n) is 9.55. The monoisotopic (exact) mass is 631 g/mol. The highest BCUT2D eigenvalue weighted by molar-refractivity contribution is 6.46. The number of carboxylic acids is 1. The molecule has 1 fully saturated rings. The van der Waals surface area contributed by atoms with Gasteiger partial charge in [-0.2, -0.15) is 13.2 Å². The molecule has 2 amide bonds. The largest absolute Gasteiger partial charge is 0.481 e. The summed E-state index contributed by atoms with van der Waals surface area (Å²) in [6, 6.07) is 8.31. The predicted molar refractivity (Wildman–Crippen MR) is 162 cm³/mol. The zero-order valence-corrected chi connectivity index (χ0v) is 26.1. The molecule has 0 bridgehead atoms. The molecule has 0 radical (unpaired) electrons. The minimum atomic E-state index is -4.80. The second-order valence-corrected chi connectivity index (χ2v) is 12.8. The van der Waals surface area contributed by atoms with Gasteiger partial charge in [-0.15, -0.1) is 0 Å². The van der Waals surface area contributed by atoms with Gasteiger partial charge in [-0.1, -0.05) is 52.7 Å². The topological polar surface area (TPSA) is 99.1 Å². The van der Waals surface area contributed by atoms with E-state index in [0.717, 1.165) is 37.0 Å². The maximum Gasteiger partial charge on any atom is 0.416 e. The molecule has 7 nitrogen and oxygen atoms in total. The van der Waals surface area contributed by atoms with E-state index < -0.39 is 47.0 Å². The number of hydrogen-bond donors (Lipinski definition) is 2. The molecule has 1 atom stereocenters. The van der Waals surface area contributed by atoms with E-state index in [1.54, 1.807) is 29.2 Å². The molecule has 11 heteroatoms. The molecule has 1 heterocycles. The molecule has 2 aromatic rings. The Balaban J connectivity index is 1.74. The van der Waals surface area contributed by atoms with Crippen molar-refractivity contribution in [1.82, 2.24) is 10.2 Å². The number of aliphatic carboxylic acids is 1. The lowest BCUT2D eigenvalue weighted by molar-refractivity contribution is -0.138. The highest BCUT2D eigenvalue weighted by Gasteiger charge is 2.53. The molecule has 1 spiro atoms. The molecule has 2 N–H and O–H groups in total. The Morgan fingerprint density at radius 2 is 1.73 bits per heavy atom. The van der Waals surface area contributed by atoms with E-state index in [1.807, 2.05) is 6.92 Å². The first kappa shape index (κ1) is 34.1. The summed E-state index contributed by atoms with van der Waals surface area (Å²) in [4.78, 5) is 44.2. The van der Waals surface area contributed by atoms with Crippen molar-refractivity contribution in [1.29, 1.82) is 0 Å². The standard InChI is InChI=1S/C34H41F4N3O4/c1-5-7-27(21-8-10-22(11-9-21)30(44)39-17-14-28(42)43)41-31(45)29(23-18-25(34(36,37)38)20-26(35)19-23)40-33(41)15-12-24(13-16-33)32(3,4)6-2/h8-11,18-20,24,27H,5-7,12-17H2,1-4H3,(H,39,44)(H,42,43). The van der Waals surface area contributed by atoms with Crippen LogP contribution in [0.4, 0.5) is 17.6 Å². The van der Waals surface area contributed by atoms with Gasteiger partial charge in [0.1, 0.15) is 17.2 Å². The van der Waals surface area contributed by atoms with E-state index >= 15 is 0 Å². The number of benzene rings is 2. The lowest BCUT2D eigenvalue weighted by Crippen LogP contribution is -2.51. The molecule has 1 saturated carbocycles. The summed E-state index contributed by atoms with van der Waals surface area (Å²) < 4.78 is 55.4. The van der Waals surface area contributed by atoms with Crippen LogP contribution in [0.3, 0.4) is 0 Å².